The molecule has 0 amide bonds. The molecule has 0 bridgehead atoms. The number of aryl methyl sites for hydroxylation is 1. The van der Waals surface area contributed by atoms with Gasteiger partial charge in [-0.15, -0.1) is 11.3 Å². The highest BCUT2D eigenvalue weighted by atomic mass is 32.1. The summed E-state index contributed by atoms with van der Waals surface area (Å²) < 4.78 is 6.25. The zero-order valence-electron chi connectivity index (χ0n) is 12.7. The van der Waals surface area contributed by atoms with Gasteiger partial charge >= 0.3 is 0 Å². The van der Waals surface area contributed by atoms with E-state index in [0.29, 0.717) is 16.7 Å². The van der Waals surface area contributed by atoms with Crippen molar-refractivity contribution in [2.75, 3.05) is 7.11 Å². The maximum Gasteiger partial charge on any atom is 0.282 e. The number of thiophene rings is 1. The summed E-state index contributed by atoms with van der Waals surface area (Å²) in [7, 11) is 1.47. The molecule has 23 heavy (non-hydrogen) atoms. The van der Waals surface area contributed by atoms with E-state index >= 15 is 0 Å². The second-order valence-electron chi connectivity index (χ2n) is 4.86. The van der Waals surface area contributed by atoms with Gasteiger partial charge in [-0.1, -0.05) is 6.92 Å². The molecular formula is C16H15N3O3S. The average molecular weight is 329 g/mol. The first-order chi connectivity index (χ1) is 11.1. The minimum atomic E-state index is -0.201. The van der Waals surface area contributed by atoms with Gasteiger partial charge in [0.1, 0.15) is 11.2 Å². The van der Waals surface area contributed by atoms with Crippen LogP contribution in [0.1, 0.15) is 17.4 Å². The maximum atomic E-state index is 12.4. The number of benzene rings is 1. The van der Waals surface area contributed by atoms with Crippen LogP contribution in [0.15, 0.2) is 40.5 Å². The highest BCUT2D eigenvalue weighted by Crippen LogP contribution is 2.25. The predicted octanol–water partition coefficient (Wildman–Crippen LogP) is 2.62. The van der Waals surface area contributed by atoms with Crippen LogP contribution < -0.4 is 10.3 Å². The van der Waals surface area contributed by atoms with E-state index in [4.69, 9.17) is 4.74 Å². The topological polar surface area (TPSA) is 76.7 Å². The molecule has 1 aromatic carbocycles. The SMILES string of the molecule is CCc1cc2c(=O)n(/N=C/c3ccc(O)c(OC)c3)cnc2s1. The van der Waals surface area contributed by atoms with Crippen LogP contribution in [-0.2, 0) is 6.42 Å². The van der Waals surface area contributed by atoms with Gasteiger partial charge < -0.3 is 9.84 Å². The van der Waals surface area contributed by atoms with Crippen molar-refractivity contribution in [3.8, 4) is 11.5 Å². The van der Waals surface area contributed by atoms with E-state index in [1.165, 1.54) is 41.7 Å². The van der Waals surface area contributed by atoms with Crippen LogP contribution in [-0.4, -0.2) is 28.1 Å². The lowest BCUT2D eigenvalue weighted by atomic mass is 10.2. The third-order valence-electron chi connectivity index (χ3n) is 3.37. The molecule has 0 saturated carbocycles. The molecule has 2 heterocycles. The van der Waals surface area contributed by atoms with E-state index in [1.807, 2.05) is 13.0 Å². The molecule has 2 aromatic heterocycles. The van der Waals surface area contributed by atoms with Crippen molar-refractivity contribution in [1.82, 2.24) is 9.66 Å². The zero-order chi connectivity index (χ0) is 16.4. The summed E-state index contributed by atoms with van der Waals surface area (Å²) in [6, 6.07) is 6.69. The Morgan fingerprint density at radius 3 is 3.00 bits per heavy atom. The molecule has 0 atom stereocenters. The fraction of sp³-hybridized carbons (Fsp3) is 0.188. The van der Waals surface area contributed by atoms with E-state index < -0.39 is 0 Å². The van der Waals surface area contributed by atoms with Gasteiger partial charge in [0.25, 0.3) is 5.56 Å². The lowest BCUT2D eigenvalue weighted by molar-refractivity contribution is 0.373. The summed E-state index contributed by atoms with van der Waals surface area (Å²) >= 11 is 1.52. The van der Waals surface area contributed by atoms with E-state index in [1.54, 1.807) is 12.1 Å². The standard InChI is InChI=1S/C16H15N3O3S/c1-3-11-7-12-15(23-11)17-9-19(16(12)21)18-8-10-4-5-13(20)14(6-10)22-2/h4-9,20H,3H2,1-2H3/b18-8+. The predicted molar refractivity (Wildman–Crippen MR) is 90.9 cm³/mol. The van der Waals surface area contributed by atoms with E-state index in [0.717, 1.165) is 16.1 Å². The maximum absolute atomic E-state index is 12.4. The fourth-order valence-electron chi connectivity index (χ4n) is 2.12. The molecule has 0 aliphatic rings. The van der Waals surface area contributed by atoms with Gasteiger partial charge in [0.05, 0.1) is 18.7 Å². The Bertz CT molecular complexity index is 943. The Morgan fingerprint density at radius 2 is 2.26 bits per heavy atom. The Labute approximate surface area is 136 Å². The molecular weight excluding hydrogens is 314 g/mol. The minimum absolute atomic E-state index is 0.0512. The van der Waals surface area contributed by atoms with Gasteiger partial charge in [0, 0.05) is 4.88 Å². The van der Waals surface area contributed by atoms with Crippen molar-refractivity contribution in [2.45, 2.75) is 13.3 Å². The highest BCUT2D eigenvalue weighted by molar-refractivity contribution is 7.18. The molecule has 118 valence electrons. The lowest BCUT2D eigenvalue weighted by Crippen LogP contribution is -2.16. The quantitative estimate of drug-likeness (QED) is 0.747. The molecule has 0 radical (unpaired) electrons. The molecule has 0 unspecified atom stereocenters. The average Bonchev–Trinajstić information content (AvgIpc) is 3.00. The van der Waals surface area contributed by atoms with E-state index in [2.05, 4.69) is 10.1 Å². The molecule has 7 heteroatoms. The van der Waals surface area contributed by atoms with Crippen molar-refractivity contribution in [1.29, 1.82) is 0 Å². The Kier molecular flexibility index (Phi) is 4.12. The normalized spacial score (nSPS) is 11.4. The summed E-state index contributed by atoms with van der Waals surface area (Å²) in [5.74, 6) is 0.399. The third-order valence-corrected chi connectivity index (χ3v) is 4.56. The minimum Gasteiger partial charge on any atom is -0.504 e. The van der Waals surface area contributed by atoms with Crippen LogP contribution in [0.25, 0.3) is 10.2 Å². The van der Waals surface area contributed by atoms with Crippen LogP contribution in [0.4, 0.5) is 0 Å². The Morgan fingerprint density at radius 1 is 1.43 bits per heavy atom. The number of rotatable bonds is 4. The van der Waals surface area contributed by atoms with Gasteiger partial charge in [0.2, 0.25) is 0 Å². The number of phenols is 1. The number of aromatic nitrogens is 2. The monoisotopic (exact) mass is 329 g/mol. The molecule has 1 N–H and O–H groups in total. The summed E-state index contributed by atoms with van der Waals surface area (Å²) in [4.78, 5) is 18.5. The number of hydrogen-bond acceptors (Lipinski definition) is 6. The second-order valence-corrected chi connectivity index (χ2v) is 5.97. The van der Waals surface area contributed by atoms with Gasteiger partial charge in [-0.25, -0.2) is 4.98 Å². The third kappa shape index (κ3) is 2.95. The molecule has 0 aliphatic carbocycles. The lowest BCUT2D eigenvalue weighted by Gasteiger charge is -2.03. The van der Waals surface area contributed by atoms with Gasteiger partial charge in [-0.05, 0) is 36.2 Å². The molecule has 0 spiro atoms. The molecule has 3 rings (SSSR count). The van der Waals surface area contributed by atoms with Crippen molar-refractivity contribution in [2.24, 2.45) is 5.10 Å². The van der Waals surface area contributed by atoms with Gasteiger partial charge in [0.15, 0.2) is 11.5 Å². The van der Waals surface area contributed by atoms with Crippen molar-refractivity contribution < 1.29 is 9.84 Å². The summed E-state index contributed by atoms with van der Waals surface area (Å²) in [6.07, 6.45) is 3.80. The van der Waals surface area contributed by atoms with Crippen LogP contribution in [0.5, 0.6) is 11.5 Å². The largest absolute Gasteiger partial charge is 0.504 e. The van der Waals surface area contributed by atoms with Crippen LogP contribution in [0.2, 0.25) is 0 Å². The first-order valence-electron chi connectivity index (χ1n) is 7.03. The number of phenolic OH excluding ortho intramolecular Hbond substituents is 1. The molecule has 0 aliphatic heterocycles. The number of aromatic hydroxyl groups is 1. The molecule has 0 fully saturated rings. The second kappa shape index (κ2) is 6.21. The van der Waals surface area contributed by atoms with Crippen LogP contribution in [0.3, 0.4) is 0 Å². The smallest absolute Gasteiger partial charge is 0.282 e. The van der Waals surface area contributed by atoms with E-state index in [9.17, 15) is 9.90 Å². The molecule has 0 saturated heterocycles. The first kappa shape index (κ1) is 15.2. The van der Waals surface area contributed by atoms with Crippen LogP contribution in [0, 0.1) is 0 Å². The number of methoxy groups -OCH3 is 1. The Balaban J connectivity index is 1.97. The van der Waals surface area contributed by atoms with Crippen molar-refractivity contribution in [3.05, 3.63) is 51.4 Å². The van der Waals surface area contributed by atoms with Crippen molar-refractivity contribution >= 4 is 27.8 Å². The Hall–Kier alpha value is -2.67. The number of fused-ring (bicyclic) bond motifs is 1. The molecule has 3 aromatic rings. The fourth-order valence-corrected chi connectivity index (χ4v) is 3.05. The van der Waals surface area contributed by atoms with Gasteiger partial charge in [-0.2, -0.15) is 9.78 Å². The highest BCUT2D eigenvalue weighted by Gasteiger charge is 2.07. The summed E-state index contributed by atoms with van der Waals surface area (Å²) in [5, 5.41) is 14.3. The first-order valence-corrected chi connectivity index (χ1v) is 7.85. The van der Waals surface area contributed by atoms with Gasteiger partial charge in [-0.3, -0.25) is 4.79 Å². The number of nitrogens with zero attached hydrogens (tertiary/aromatic N) is 3. The van der Waals surface area contributed by atoms with Crippen LogP contribution >= 0.6 is 11.3 Å². The zero-order valence-corrected chi connectivity index (χ0v) is 13.5. The van der Waals surface area contributed by atoms with Crippen molar-refractivity contribution in [3.63, 3.8) is 0 Å². The number of hydrogen-bond donors (Lipinski definition) is 1. The van der Waals surface area contributed by atoms with E-state index in [-0.39, 0.29) is 11.3 Å². The molecule has 6 nitrogen and oxygen atoms in total. The summed E-state index contributed by atoms with van der Waals surface area (Å²) in [6.45, 7) is 2.04. The number of ether oxygens (including phenoxy) is 1. The summed E-state index contributed by atoms with van der Waals surface area (Å²) in [5.41, 5.74) is 0.499.